The predicted molar refractivity (Wildman–Crippen MR) is 96.3 cm³/mol. The van der Waals surface area contributed by atoms with Gasteiger partial charge in [0.25, 0.3) is 0 Å². The van der Waals surface area contributed by atoms with Crippen molar-refractivity contribution in [2.75, 3.05) is 6.79 Å². The van der Waals surface area contributed by atoms with Crippen molar-refractivity contribution in [1.82, 2.24) is 0 Å². The lowest BCUT2D eigenvalue weighted by Gasteiger charge is -2.07. The van der Waals surface area contributed by atoms with Crippen molar-refractivity contribution in [3.05, 3.63) is 77.2 Å². The SMILES string of the molecule is OC(/C=C/c1ccc2c(c1)OCO2)c1ccc(-c2cccs2)cc1. The molecule has 4 heteroatoms. The molecule has 1 aliphatic rings. The van der Waals surface area contributed by atoms with E-state index in [0.29, 0.717) is 0 Å². The Labute approximate surface area is 144 Å². The molecule has 2 aromatic carbocycles. The first-order valence-corrected chi connectivity index (χ1v) is 8.57. The predicted octanol–water partition coefficient (Wildman–Crippen LogP) is 4.89. The lowest BCUT2D eigenvalue weighted by molar-refractivity contribution is 0.174. The first kappa shape index (κ1) is 15.0. The highest BCUT2D eigenvalue weighted by Gasteiger charge is 2.12. The van der Waals surface area contributed by atoms with Gasteiger partial charge in [-0.15, -0.1) is 11.3 Å². The van der Waals surface area contributed by atoms with E-state index in [0.717, 1.165) is 22.6 Å². The van der Waals surface area contributed by atoms with Crippen LogP contribution in [0.5, 0.6) is 11.5 Å². The van der Waals surface area contributed by atoms with Crippen molar-refractivity contribution in [3.8, 4) is 21.9 Å². The standard InChI is InChI=1S/C20H16O3S/c21-17(9-3-14-4-10-18-19(12-14)23-13-22-18)15-5-7-16(8-6-15)20-2-1-11-24-20/h1-12,17,21H,13H2/b9-3+. The Kier molecular flexibility index (Phi) is 4.07. The number of ether oxygens (including phenoxy) is 2. The monoisotopic (exact) mass is 336 g/mol. The fourth-order valence-corrected chi connectivity index (χ4v) is 3.35. The summed E-state index contributed by atoms with van der Waals surface area (Å²) in [5.74, 6) is 1.50. The second-order valence-electron chi connectivity index (χ2n) is 5.52. The number of hydrogen-bond acceptors (Lipinski definition) is 4. The summed E-state index contributed by atoms with van der Waals surface area (Å²) in [4.78, 5) is 1.23. The third-order valence-corrected chi connectivity index (χ3v) is 4.84. The highest BCUT2D eigenvalue weighted by molar-refractivity contribution is 7.13. The molecule has 1 atom stereocenters. The maximum absolute atomic E-state index is 10.4. The minimum absolute atomic E-state index is 0.266. The van der Waals surface area contributed by atoms with Crippen LogP contribution in [-0.2, 0) is 0 Å². The molecule has 0 aliphatic carbocycles. The van der Waals surface area contributed by atoms with Crippen LogP contribution in [-0.4, -0.2) is 11.9 Å². The largest absolute Gasteiger partial charge is 0.454 e. The van der Waals surface area contributed by atoms with E-state index in [1.165, 1.54) is 10.4 Å². The van der Waals surface area contributed by atoms with Crippen molar-refractivity contribution in [2.24, 2.45) is 0 Å². The Morgan fingerprint density at radius 1 is 1.00 bits per heavy atom. The molecule has 1 unspecified atom stereocenters. The summed E-state index contributed by atoms with van der Waals surface area (Å²) in [5.41, 5.74) is 3.00. The van der Waals surface area contributed by atoms with E-state index in [2.05, 4.69) is 11.4 Å². The molecule has 0 radical (unpaired) electrons. The van der Waals surface area contributed by atoms with Gasteiger partial charge in [-0.25, -0.2) is 0 Å². The van der Waals surface area contributed by atoms with Crippen molar-refractivity contribution in [2.45, 2.75) is 6.10 Å². The van der Waals surface area contributed by atoms with Gasteiger partial charge in [-0.05, 0) is 40.3 Å². The second-order valence-corrected chi connectivity index (χ2v) is 6.46. The maximum Gasteiger partial charge on any atom is 0.231 e. The van der Waals surface area contributed by atoms with Gasteiger partial charge in [-0.3, -0.25) is 0 Å². The quantitative estimate of drug-likeness (QED) is 0.737. The Hall–Kier alpha value is -2.56. The highest BCUT2D eigenvalue weighted by atomic mass is 32.1. The molecule has 4 rings (SSSR count). The van der Waals surface area contributed by atoms with Gasteiger partial charge >= 0.3 is 0 Å². The molecule has 1 aromatic heterocycles. The number of hydrogen-bond donors (Lipinski definition) is 1. The van der Waals surface area contributed by atoms with E-state index in [9.17, 15) is 5.11 Å². The third kappa shape index (κ3) is 3.07. The van der Waals surface area contributed by atoms with E-state index in [1.807, 2.05) is 54.6 Å². The van der Waals surface area contributed by atoms with Gasteiger partial charge < -0.3 is 14.6 Å². The molecule has 3 aromatic rings. The van der Waals surface area contributed by atoms with Gasteiger partial charge in [-0.1, -0.05) is 48.6 Å². The van der Waals surface area contributed by atoms with Crippen LogP contribution < -0.4 is 9.47 Å². The molecular weight excluding hydrogens is 320 g/mol. The Morgan fingerprint density at radius 3 is 2.62 bits per heavy atom. The number of benzene rings is 2. The number of aliphatic hydroxyl groups is 1. The zero-order chi connectivity index (χ0) is 16.4. The second kappa shape index (κ2) is 6.51. The average Bonchev–Trinajstić information content (AvgIpc) is 3.31. The van der Waals surface area contributed by atoms with Crippen LogP contribution in [0.4, 0.5) is 0 Å². The van der Waals surface area contributed by atoms with Crippen molar-refractivity contribution < 1.29 is 14.6 Å². The van der Waals surface area contributed by atoms with Crippen LogP contribution in [0, 0.1) is 0 Å². The first-order valence-electron chi connectivity index (χ1n) is 7.69. The Morgan fingerprint density at radius 2 is 1.83 bits per heavy atom. The summed E-state index contributed by atoms with van der Waals surface area (Å²) >= 11 is 1.71. The van der Waals surface area contributed by atoms with E-state index in [1.54, 1.807) is 17.4 Å². The van der Waals surface area contributed by atoms with Crippen molar-refractivity contribution in [1.29, 1.82) is 0 Å². The number of rotatable bonds is 4. The summed E-state index contributed by atoms with van der Waals surface area (Å²) < 4.78 is 10.7. The first-order chi connectivity index (χ1) is 11.8. The zero-order valence-corrected chi connectivity index (χ0v) is 13.7. The summed E-state index contributed by atoms with van der Waals surface area (Å²) in [6, 6.07) is 17.9. The minimum Gasteiger partial charge on any atom is -0.454 e. The van der Waals surface area contributed by atoms with E-state index >= 15 is 0 Å². The van der Waals surface area contributed by atoms with Gasteiger partial charge in [0.1, 0.15) is 0 Å². The number of aliphatic hydroxyl groups excluding tert-OH is 1. The van der Waals surface area contributed by atoms with E-state index in [4.69, 9.17) is 9.47 Å². The maximum atomic E-state index is 10.4. The normalized spacial score (nSPS) is 14.2. The summed E-state index contributed by atoms with van der Waals surface area (Å²) in [6.07, 6.45) is 3.02. The van der Waals surface area contributed by atoms with Crippen molar-refractivity contribution >= 4 is 17.4 Å². The molecular formula is C20H16O3S. The zero-order valence-electron chi connectivity index (χ0n) is 12.9. The molecule has 1 N–H and O–H groups in total. The molecule has 120 valence electrons. The molecule has 0 fully saturated rings. The van der Waals surface area contributed by atoms with E-state index in [-0.39, 0.29) is 6.79 Å². The van der Waals surface area contributed by atoms with Crippen LogP contribution in [0.1, 0.15) is 17.2 Å². The minimum atomic E-state index is -0.646. The van der Waals surface area contributed by atoms with Crippen LogP contribution in [0.25, 0.3) is 16.5 Å². The third-order valence-electron chi connectivity index (χ3n) is 3.93. The molecule has 24 heavy (non-hydrogen) atoms. The van der Waals surface area contributed by atoms with Crippen molar-refractivity contribution in [3.63, 3.8) is 0 Å². The van der Waals surface area contributed by atoms with Gasteiger partial charge in [0, 0.05) is 4.88 Å². The van der Waals surface area contributed by atoms with Crippen LogP contribution >= 0.6 is 11.3 Å². The topological polar surface area (TPSA) is 38.7 Å². The molecule has 1 aliphatic heterocycles. The lowest BCUT2D eigenvalue weighted by atomic mass is 10.0. The number of thiophene rings is 1. The highest BCUT2D eigenvalue weighted by Crippen LogP contribution is 2.33. The fraction of sp³-hybridized carbons (Fsp3) is 0.100. The summed E-state index contributed by atoms with van der Waals surface area (Å²) in [5, 5.41) is 12.4. The molecule has 0 saturated carbocycles. The van der Waals surface area contributed by atoms with E-state index < -0.39 is 6.10 Å². The molecule has 0 bridgehead atoms. The van der Waals surface area contributed by atoms with Crippen LogP contribution in [0.15, 0.2) is 66.1 Å². The average molecular weight is 336 g/mol. The smallest absolute Gasteiger partial charge is 0.231 e. The molecule has 2 heterocycles. The lowest BCUT2D eigenvalue weighted by Crippen LogP contribution is -1.93. The molecule has 3 nitrogen and oxygen atoms in total. The van der Waals surface area contributed by atoms with Gasteiger partial charge in [0.05, 0.1) is 6.10 Å². The molecule has 0 amide bonds. The van der Waals surface area contributed by atoms with Crippen LogP contribution in [0.3, 0.4) is 0 Å². The summed E-state index contributed by atoms with van der Waals surface area (Å²) in [6.45, 7) is 0.266. The van der Waals surface area contributed by atoms with Gasteiger partial charge in [0.2, 0.25) is 6.79 Å². The van der Waals surface area contributed by atoms with Gasteiger partial charge in [0.15, 0.2) is 11.5 Å². The molecule has 0 saturated heterocycles. The Bertz CT molecular complexity index is 851. The van der Waals surface area contributed by atoms with Crippen LogP contribution in [0.2, 0.25) is 0 Å². The molecule has 0 spiro atoms. The number of fused-ring (bicyclic) bond motifs is 1. The van der Waals surface area contributed by atoms with Gasteiger partial charge in [-0.2, -0.15) is 0 Å². The Balaban J connectivity index is 1.48. The fourth-order valence-electron chi connectivity index (χ4n) is 2.62. The summed E-state index contributed by atoms with van der Waals surface area (Å²) in [7, 11) is 0.